The van der Waals surface area contributed by atoms with Crippen LogP contribution in [0.2, 0.25) is 0 Å². The van der Waals surface area contributed by atoms with Crippen molar-refractivity contribution in [3.05, 3.63) is 84.4 Å². The number of anilines is 2. The lowest BCUT2D eigenvalue weighted by Crippen LogP contribution is -2.23. The van der Waals surface area contributed by atoms with Gasteiger partial charge in [0.25, 0.3) is 0 Å². The molecule has 1 amide bonds. The molecule has 1 aliphatic heterocycles. The SMILES string of the molecule is O=C(CNc1ccccc1OCC1CCCO1)Nc1ccccc1OCCCc1ccccc1. The molecule has 0 aliphatic carbocycles. The number of hydrogen-bond acceptors (Lipinski definition) is 5. The van der Waals surface area contributed by atoms with Gasteiger partial charge in [0.05, 0.1) is 30.6 Å². The number of carbonyl (C=O) groups excluding carboxylic acids is 1. The van der Waals surface area contributed by atoms with E-state index in [2.05, 4.69) is 22.8 Å². The second-order valence-electron chi connectivity index (χ2n) is 8.28. The quantitative estimate of drug-likeness (QED) is 0.359. The highest BCUT2D eigenvalue weighted by Crippen LogP contribution is 2.26. The summed E-state index contributed by atoms with van der Waals surface area (Å²) >= 11 is 0. The highest BCUT2D eigenvalue weighted by atomic mass is 16.5. The standard InChI is InChI=1S/C28H32N2O4/c31-28(20-29-24-14-4-6-16-26(24)34-21-23-13-9-18-32-23)30-25-15-5-7-17-27(25)33-19-8-12-22-10-2-1-3-11-22/h1-7,10-11,14-17,23,29H,8-9,12-13,18-21H2,(H,30,31). The summed E-state index contributed by atoms with van der Waals surface area (Å²) in [5.74, 6) is 1.23. The van der Waals surface area contributed by atoms with E-state index < -0.39 is 0 Å². The summed E-state index contributed by atoms with van der Waals surface area (Å²) in [5, 5.41) is 6.13. The normalized spacial score (nSPS) is 15.0. The number of hydrogen-bond donors (Lipinski definition) is 2. The second-order valence-corrected chi connectivity index (χ2v) is 8.28. The Labute approximate surface area is 201 Å². The molecule has 1 fully saturated rings. The minimum absolute atomic E-state index is 0.114. The third kappa shape index (κ3) is 7.25. The van der Waals surface area contributed by atoms with E-state index in [-0.39, 0.29) is 18.6 Å². The Morgan fingerprint density at radius 1 is 0.882 bits per heavy atom. The molecule has 0 saturated carbocycles. The summed E-state index contributed by atoms with van der Waals surface area (Å²) in [5.41, 5.74) is 2.73. The summed E-state index contributed by atoms with van der Waals surface area (Å²) in [7, 11) is 0. The van der Waals surface area contributed by atoms with E-state index in [4.69, 9.17) is 14.2 Å². The first-order valence-corrected chi connectivity index (χ1v) is 11.9. The highest BCUT2D eigenvalue weighted by Gasteiger charge is 2.17. The molecule has 0 aromatic heterocycles. The smallest absolute Gasteiger partial charge is 0.243 e. The van der Waals surface area contributed by atoms with Crippen LogP contribution in [0.5, 0.6) is 11.5 Å². The fraction of sp³-hybridized carbons (Fsp3) is 0.321. The molecule has 1 unspecified atom stereocenters. The van der Waals surface area contributed by atoms with Gasteiger partial charge in [-0.1, -0.05) is 54.6 Å². The number of para-hydroxylation sites is 4. The van der Waals surface area contributed by atoms with Gasteiger partial charge in [-0.25, -0.2) is 0 Å². The van der Waals surface area contributed by atoms with Gasteiger partial charge in [-0.05, 0) is 55.5 Å². The molecule has 1 atom stereocenters. The molecule has 1 aliphatic rings. The van der Waals surface area contributed by atoms with Crippen molar-refractivity contribution in [3.63, 3.8) is 0 Å². The van der Waals surface area contributed by atoms with Crippen LogP contribution in [-0.2, 0) is 16.0 Å². The van der Waals surface area contributed by atoms with Crippen molar-refractivity contribution in [2.24, 2.45) is 0 Å². The summed E-state index contributed by atoms with van der Waals surface area (Å²) in [4.78, 5) is 12.6. The Morgan fingerprint density at radius 3 is 2.35 bits per heavy atom. The van der Waals surface area contributed by atoms with Crippen molar-refractivity contribution in [1.29, 1.82) is 0 Å². The van der Waals surface area contributed by atoms with E-state index in [9.17, 15) is 4.79 Å². The van der Waals surface area contributed by atoms with E-state index >= 15 is 0 Å². The van der Waals surface area contributed by atoms with Crippen LogP contribution in [0.15, 0.2) is 78.9 Å². The third-order valence-electron chi connectivity index (χ3n) is 5.65. The molecule has 0 bridgehead atoms. The van der Waals surface area contributed by atoms with Gasteiger partial charge in [0, 0.05) is 6.61 Å². The van der Waals surface area contributed by atoms with Gasteiger partial charge >= 0.3 is 0 Å². The Kier molecular flexibility index (Phi) is 8.80. The zero-order chi connectivity index (χ0) is 23.4. The van der Waals surface area contributed by atoms with E-state index in [0.29, 0.717) is 30.4 Å². The molecule has 1 saturated heterocycles. The third-order valence-corrected chi connectivity index (χ3v) is 5.65. The van der Waals surface area contributed by atoms with Crippen molar-refractivity contribution in [1.82, 2.24) is 0 Å². The van der Waals surface area contributed by atoms with Gasteiger partial charge in [-0.2, -0.15) is 0 Å². The molecular weight excluding hydrogens is 428 g/mol. The van der Waals surface area contributed by atoms with Crippen molar-refractivity contribution >= 4 is 17.3 Å². The number of rotatable bonds is 12. The van der Waals surface area contributed by atoms with Gasteiger partial charge in [0.15, 0.2) is 0 Å². The highest BCUT2D eigenvalue weighted by molar-refractivity contribution is 5.95. The first kappa shape index (κ1) is 23.6. The minimum Gasteiger partial charge on any atom is -0.491 e. The van der Waals surface area contributed by atoms with Crippen molar-refractivity contribution < 1.29 is 19.0 Å². The Morgan fingerprint density at radius 2 is 1.59 bits per heavy atom. The van der Waals surface area contributed by atoms with Gasteiger partial charge in [0.2, 0.25) is 5.91 Å². The summed E-state index contributed by atoms with van der Waals surface area (Å²) < 4.78 is 17.5. The minimum atomic E-state index is -0.158. The van der Waals surface area contributed by atoms with E-state index in [1.165, 1.54) is 5.56 Å². The first-order valence-electron chi connectivity index (χ1n) is 11.9. The fourth-order valence-corrected chi connectivity index (χ4v) is 3.87. The van der Waals surface area contributed by atoms with Crippen LogP contribution in [0, 0.1) is 0 Å². The summed E-state index contributed by atoms with van der Waals surface area (Å²) in [6.07, 6.45) is 4.09. The van der Waals surface area contributed by atoms with Gasteiger partial charge in [-0.3, -0.25) is 4.79 Å². The number of amides is 1. The molecule has 2 N–H and O–H groups in total. The largest absolute Gasteiger partial charge is 0.491 e. The number of aryl methyl sites for hydroxylation is 1. The molecule has 3 aromatic rings. The lowest BCUT2D eigenvalue weighted by molar-refractivity contribution is -0.114. The molecule has 178 valence electrons. The molecule has 3 aromatic carbocycles. The lowest BCUT2D eigenvalue weighted by Gasteiger charge is -2.16. The van der Waals surface area contributed by atoms with Crippen LogP contribution >= 0.6 is 0 Å². The monoisotopic (exact) mass is 460 g/mol. The Hall–Kier alpha value is -3.51. The van der Waals surface area contributed by atoms with Crippen LogP contribution in [0.3, 0.4) is 0 Å². The molecule has 1 heterocycles. The molecule has 0 spiro atoms. The zero-order valence-corrected chi connectivity index (χ0v) is 19.4. The maximum absolute atomic E-state index is 12.6. The van der Waals surface area contributed by atoms with Crippen LogP contribution in [0.4, 0.5) is 11.4 Å². The summed E-state index contributed by atoms with van der Waals surface area (Å²) in [6, 6.07) is 25.5. The average Bonchev–Trinajstić information content (AvgIpc) is 3.40. The lowest BCUT2D eigenvalue weighted by atomic mass is 10.1. The molecule has 34 heavy (non-hydrogen) atoms. The Balaban J connectivity index is 1.25. The van der Waals surface area contributed by atoms with E-state index in [0.717, 1.165) is 38.0 Å². The maximum atomic E-state index is 12.6. The van der Waals surface area contributed by atoms with Crippen molar-refractivity contribution in [2.75, 3.05) is 37.0 Å². The molecule has 4 rings (SSSR count). The van der Waals surface area contributed by atoms with E-state index in [1.54, 1.807) is 0 Å². The summed E-state index contributed by atoms with van der Waals surface area (Å²) in [6.45, 7) is 2.00. The van der Waals surface area contributed by atoms with Crippen LogP contribution in [0.25, 0.3) is 0 Å². The van der Waals surface area contributed by atoms with Crippen LogP contribution in [-0.4, -0.2) is 38.4 Å². The topological polar surface area (TPSA) is 68.8 Å². The van der Waals surface area contributed by atoms with Crippen molar-refractivity contribution in [3.8, 4) is 11.5 Å². The van der Waals surface area contributed by atoms with Gasteiger partial charge in [0.1, 0.15) is 18.1 Å². The second kappa shape index (κ2) is 12.7. The number of nitrogens with one attached hydrogen (secondary N) is 2. The number of ether oxygens (including phenoxy) is 3. The molecular formula is C28H32N2O4. The fourth-order valence-electron chi connectivity index (χ4n) is 3.87. The van der Waals surface area contributed by atoms with Gasteiger partial charge in [-0.15, -0.1) is 0 Å². The maximum Gasteiger partial charge on any atom is 0.243 e. The van der Waals surface area contributed by atoms with Gasteiger partial charge < -0.3 is 24.8 Å². The number of benzene rings is 3. The first-order chi connectivity index (χ1) is 16.8. The predicted molar refractivity (Wildman–Crippen MR) is 135 cm³/mol. The predicted octanol–water partition coefficient (Wildman–Crippen LogP) is 5.31. The molecule has 0 radical (unpaired) electrons. The average molecular weight is 461 g/mol. The van der Waals surface area contributed by atoms with Crippen molar-refractivity contribution in [2.45, 2.75) is 31.8 Å². The molecule has 6 heteroatoms. The Bertz CT molecular complexity index is 1040. The van der Waals surface area contributed by atoms with Crippen LogP contribution < -0.4 is 20.1 Å². The van der Waals surface area contributed by atoms with Crippen LogP contribution in [0.1, 0.15) is 24.8 Å². The molecule has 6 nitrogen and oxygen atoms in total. The zero-order valence-electron chi connectivity index (χ0n) is 19.4. The number of carbonyl (C=O) groups is 1. The van der Waals surface area contributed by atoms with E-state index in [1.807, 2.05) is 66.7 Å².